The number of aliphatic hydroxyl groups excluding tert-OH is 1. The fraction of sp³-hybridized carbons (Fsp3) is 0.929. The van der Waals surface area contributed by atoms with Gasteiger partial charge in [-0.15, -0.1) is 0 Å². The Hall–Kier alpha value is -0.650. The van der Waals surface area contributed by atoms with Gasteiger partial charge in [-0.05, 0) is 25.8 Å². The average Bonchev–Trinajstić information content (AvgIpc) is 2.87. The van der Waals surface area contributed by atoms with Crippen molar-refractivity contribution in [1.82, 2.24) is 10.6 Å². The summed E-state index contributed by atoms with van der Waals surface area (Å²) in [6.07, 6.45) is 3.99. The maximum absolute atomic E-state index is 12.4. The molecule has 2 aliphatic rings. The van der Waals surface area contributed by atoms with E-state index in [1.807, 2.05) is 7.05 Å². The van der Waals surface area contributed by atoms with Gasteiger partial charge in [-0.3, -0.25) is 4.79 Å². The van der Waals surface area contributed by atoms with E-state index in [-0.39, 0.29) is 24.5 Å². The topological polar surface area (TPSA) is 70.6 Å². The summed E-state index contributed by atoms with van der Waals surface area (Å²) in [7, 11) is 1.85. The minimum atomic E-state index is -0.421. The van der Waals surface area contributed by atoms with Crippen LogP contribution < -0.4 is 10.6 Å². The molecule has 0 spiro atoms. The molecule has 1 saturated heterocycles. The van der Waals surface area contributed by atoms with Gasteiger partial charge in [-0.1, -0.05) is 19.8 Å². The van der Waals surface area contributed by atoms with Gasteiger partial charge in [0, 0.05) is 6.04 Å². The van der Waals surface area contributed by atoms with Gasteiger partial charge in [-0.2, -0.15) is 0 Å². The van der Waals surface area contributed by atoms with Crippen LogP contribution in [-0.4, -0.2) is 49.5 Å². The van der Waals surface area contributed by atoms with Crippen LogP contribution in [-0.2, 0) is 9.53 Å². The van der Waals surface area contributed by atoms with Gasteiger partial charge in [0.05, 0.1) is 31.3 Å². The molecule has 1 heterocycles. The fourth-order valence-electron chi connectivity index (χ4n) is 3.41. The summed E-state index contributed by atoms with van der Waals surface area (Å²) in [4.78, 5) is 12.4. The van der Waals surface area contributed by atoms with Crippen LogP contribution >= 0.6 is 0 Å². The first-order chi connectivity index (χ1) is 9.10. The van der Waals surface area contributed by atoms with Crippen molar-refractivity contribution in [2.75, 3.05) is 26.9 Å². The van der Waals surface area contributed by atoms with E-state index in [9.17, 15) is 9.90 Å². The second kappa shape index (κ2) is 6.20. The average molecular weight is 270 g/mol. The Morgan fingerprint density at radius 1 is 1.47 bits per heavy atom. The number of hydrogen-bond acceptors (Lipinski definition) is 4. The molecule has 0 aromatic carbocycles. The summed E-state index contributed by atoms with van der Waals surface area (Å²) in [6, 6.07) is 0.0803. The van der Waals surface area contributed by atoms with E-state index in [1.165, 1.54) is 6.42 Å². The molecule has 3 N–H and O–H groups in total. The standard InChI is InChI=1S/C14H26N2O3/c1-10-4-3-5-14(6-10,9-17)16-13(18)11-7-19-8-12(11)15-2/h10-12,15,17H,3-9H2,1-2H3,(H,16,18). The number of carbonyl (C=O) groups is 1. The number of likely N-dealkylation sites (N-methyl/N-ethyl adjacent to an activating group) is 1. The van der Waals surface area contributed by atoms with E-state index in [0.717, 1.165) is 19.3 Å². The van der Waals surface area contributed by atoms with Crippen molar-refractivity contribution in [3.63, 3.8) is 0 Å². The van der Waals surface area contributed by atoms with Crippen LogP contribution in [0.3, 0.4) is 0 Å². The maximum Gasteiger partial charge on any atom is 0.227 e. The molecular formula is C14H26N2O3. The Kier molecular flexibility index (Phi) is 4.81. The first-order valence-electron chi connectivity index (χ1n) is 7.28. The third-order valence-electron chi connectivity index (χ3n) is 4.57. The van der Waals surface area contributed by atoms with Crippen LogP contribution in [0.15, 0.2) is 0 Å². The number of amides is 1. The van der Waals surface area contributed by atoms with Gasteiger partial charge in [0.1, 0.15) is 0 Å². The van der Waals surface area contributed by atoms with Gasteiger partial charge in [-0.25, -0.2) is 0 Å². The van der Waals surface area contributed by atoms with Crippen molar-refractivity contribution in [3.8, 4) is 0 Å². The Morgan fingerprint density at radius 3 is 2.89 bits per heavy atom. The van der Waals surface area contributed by atoms with E-state index in [0.29, 0.717) is 19.1 Å². The zero-order valence-corrected chi connectivity index (χ0v) is 11.9. The van der Waals surface area contributed by atoms with Gasteiger partial charge in [0.25, 0.3) is 0 Å². The normalized spacial score (nSPS) is 39.2. The zero-order valence-electron chi connectivity index (χ0n) is 11.9. The van der Waals surface area contributed by atoms with Crippen molar-refractivity contribution >= 4 is 5.91 Å². The summed E-state index contributed by atoms with van der Waals surface area (Å²) in [5, 5.41) is 15.9. The van der Waals surface area contributed by atoms with Crippen LogP contribution in [0.5, 0.6) is 0 Å². The molecule has 4 atom stereocenters. The highest BCUT2D eigenvalue weighted by atomic mass is 16.5. The Morgan fingerprint density at radius 2 is 2.26 bits per heavy atom. The lowest BCUT2D eigenvalue weighted by atomic mass is 9.76. The van der Waals surface area contributed by atoms with Crippen molar-refractivity contribution in [3.05, 3.63) is 0 Å². The highest BCUT2D eigenvalue weighted by Crippen LogP contribution is 2.32. The largest absolute Gasteiger partial charge is 0.394 e. The lowest BCUT2D eigenvalue weighted by Crippen LogP contribution is -2.57. The molecule has 0 aromatic rings. The fourth-order valence-corrected chi connectivity index (χ4v) is 3.41. The van der Waals surface area contributed by atoms with Crippen LogP contribution in [0, 0.1) is 11.8 Å². The molecule has 0 radical (unpaired) electrons. The molecule has 0 bridgehead atoms. The lowest BCUT2D eigenvalue weighted by Gasteiger charge is -2.40. The van der Waals surface area contributed by atoms with Crippen molar-refractivity contribution in [1.29, 1.82) is 0 Å². The first-order valence-corrected chi connectivity index (χ1v) is 7.28. The third kappa shape index (κ3) is 3.27. The molecule has 5 heteroatoms. The maximum atomic E-state index is 12.4. The minimum absolute atomic E-state index is 0.0139. The van der Waals surface area contributed by atoms with E-state index >= 15 is 0 Å². The van der Waals surface area contributed by atoms with Crippen molar-refractivity contribution in [2.24, 2.45) is 11.8 Å². The molecule has 2 rings (SSSR count). The van der Waals surface area contributed by atoms with Crippen LogP contribution in [0.25, 0.3) is 0 Å². The summed E-state index contributed by atoms with van der Waals surface area (Å²) in [5.74, 6) is 0.423. The van der Waals surface area contributed by atoms with E-state index in [1.54, 1.807) is 0 Å². The zero-order chi connectivity index (χ0) is 13.9. The molecule has 0 aromatic heterocycles. The number of ether oxygens (including phenoxy) is 1. The number of rotatable bonds is 4. The molecule has 1 saturated carbocycles. The summed E-state index contributed by atoms with van der Waals surface area (Å²) in [5.41, 5.74) is -0.421. The molecule has 1 aliphatic heterocycles. The van der Waals surface area contributed by atoms with E-state index < -0.39 is 5.54 Å². The molecule has 1 aliphatic carbocycles. The quantitative estimate of drug-likeness (QED) is 0.686. The smallest absolute Gasteiger partial charge is 0.227 e. The van der Waals surface area contributed by atoms with Crippen molar-refractivity contribution < 1.29 is 14.6 Å². The lowest BCUT2D eigenvalue weighted by molar-refractivity contribution is -0.128. The predicted molar refractivity (Wildman–Crippen MR) is 72.7 cm³/mol. The molecule has 19 heavy (non-hydrogen) atoms. The molecular weight excluding hydrogens is 244 g/mol. The number of carbonyl (C=O) groups excluding carboxylic acids is 1. The molecule has 110 valence electrons. The monoisotopic (exact) mass is 270 g/mol. The molecule has 1 amide bonds. The van der Waals surface area contributed by atoms with Crippen LogP contribution in [0.2, 0.25) is 0 Å². The van der Waals surface area contributed by atoms with E-state index in [4.69, 9.17) is 4.74 Å². The summed E-state index contributed by atoms with van der Waals surface area (Å²) in [6.45, 7) is 3.26. The van der Waals surface area contributed by atoms with Gasteiger partial charge < -0.3 is 20.5 Å². The number of hydrogen-bond donors (Lipinski definition) is 3. The SMILES string of the molecule is CNC1COCC1C(=O)NC1(CO)CCCC(C)C1. The van der Waals surface area contributed by atoms with Crippen molar-refractivity contribution in [2.45, 2.75) is 44.2 Å². The molecule has 4 unspecified atom stereocenters. The number of nitrogens with one attached hydrogen (secondary N) is 2. The third-order valence-corrected chi connectivity index (χ3v) is 4.57. The Balaban J connectivity index is 1.99. The second-order valence-corrected chi connectivity index (χ2v) is 6.17. The van der Waals surface area contributed by atoms with Gasteiger partial charge in [0.2, 0.25) is 5.91 Å². The Bertz CT molecular complexity index is 324. The minimum Gasteiger partial charge on any atom is -0.394 e. The highest BCUT2D eigenvalue weighted by Gasteiger charge is 2.40. The van der Waals surface area contributed by atoms with Gasteiger partial charge in [0.15, 0.2) is 0 Å². The predicted octanol–water partition coefficient (Wildman–Crippen LogP) is 0.278. The molecule has 5 nitrogen and oxygen atoms in total. The second-order valence-electron chi connectivity index (χ2n) is 6.17. The summed E-state index contributed by atoms with van der Waals surface area (Å²) >= 11 is 0. The molecule has 2 fully saturated rings. The Labute approximate surface area is 115 Å². The highest BCUT2D eigenvalue weighted by molar-refractivity contribution is 5.80. The van der Waals surface area contributed by atoms with Crippen LogP contribution in [0.4, 0.5) is 0 Å². The number of aliphatic hydroxyl groups is 1. The van der Waals surface area contributed by atoms with E-state index in [2.05, 4.69) is 17.6 Å². The van der Waals surface area contributed by atoms with Crippen LogP contribution in [0.1, 0.15) is 32.6 Å². The summed E-state index contributed by atoms with van der Waals surface area (Å²) < 4.78 is 5.37. The first kappa shape index (κ1) is 14.8. The van der Waals surface area contributed by atoms with Gasteiger partial charge >= 0.3 is 0 Å².